The number of aliphatic hydroxyl groups excluding tert-OH is 1. The summed E-state index contributed by atoms with van der Waals surface area (Å²) in [5.74, 6) is 0. The van der Waals surface area contributed by atoms with E-state index in [0.29, 0.717) is 0 Å². The van der Waals surface area contributed by atoms with Gasteiger partial charge in [-0.15, -0.1) is 0 Å². The molecule has 84 valence electrons. The van der Waals surface area contributed by atoms with E-state index in [-0.39, 0.29) is 17.4 Å². The van der Waals surface area contributed by atoms with Gasteiger partial charge in [-0.2, -0.15) is 5.10 Å². The van der Waals surface area contributed by atoms with E-state index in [9.17, 15) is 5.11 Å². The first-order chi connectivity index (χ1) is 6.85. The molecule has 1 atom stereocenters. The van der Waals surface area contributed by atoms with Crippen LogP contribution in [0.2, 0.25) is 0 Å². The highest BCUT2D eigenvalue weighted by Crippen LogP contribution is 2.64. The number of nitrogens with zero attached hydrogens (tertiary/aromatic N) is 2. The summed E-state index contributed by atoms with van der Waals surface area (Å²) < 4.78 is 1.91. The maximum atomic E-state index is 9.67. The van der Waals surface area contributed by atoms with Crippen LogP contribution in [0.4, 0.5) is 0 Å². The monoisotopic (exact) mass is 208 g/mol. The van der Waals surface area contributed by atoms with Crippen LogP contribution in [0, 0.1) is 19.3 Å². The minimum atomic E-state index is -0.0462. The lowest BCUT2D eigenvalue weighted by molar-refractivity contribution is 0.230. The number of aromatic nitrogens is 2. The van der Waals surface area contributed by atoms with Crippen molar-refractivity contribution < 1.29 is 5.11 Å². The molecule has 1 fully saturated rings. The highest BCUT2D eigenvalue weighted by Gasteiger charge is 2.63. The predicted molar refractivity (Wildman–Crippen MR) is 59.8 cm³/mol. The van der Waals surface area contributed by atoms with Crippen molar-refractivity contribution in [1.29, 1.82) is 0 Å². The van der Waals surface area contributed by atoms with Gasteiger partial charge in [0.1, 0.15) is 0 Å². The molecule has 0 saturated heterocycles. The number of hydrogen-bond acceptors (Lipinski definition) is 2. The number of aliphatic hydroxyl groups is 1. The molecule has 1 aliphatic rings. The minimum Gasteiger partial charge on any atom is -0.395 e. The van der Waals surface area contributed by atoms with Gasteiger partial charge in [-0.3, -0.25) is 4.68 Å². The average molecular weight is 208 g/mol. The van der Waals surface area contributed by atoms with Crippen LogP contribution in [0.1, 0.15) is 37.2 Å². The molecule has 0 radical (unpaired) electrons. The van der Waals surface area contributed by atoms with Crippen LogP contribution in [0.3, 0.4) is 0 Å². The third kappa shape index (κ3) is 1.19. The van der Waals surface area contributed by atoms with E-state index in [1.807, 2.05) is 18.7 Å². The van der Waals surface area contributed by atoms with Gasteiger partial charge in [0.15, 0.2) is 0 Å². The molecule has 3 heteroatoms. The first-order valence-corrected chi connectivity index (χ1v) is 5.47. The van der Waals surface area contributed by atoms with Gasteiger partial charge in [0, 0.05) is 23.7 Å². The van der Waals surface area contributed by atoms with Gasteiger partial charge in [-0.25, -0.2) is 0 Å². The molecule has 1 heterocycles. The van der Waals surface area contributed by atoms with E-state index in [0.717, 1.165) is 12.1 Å². The van der Waals surface area contributed by atoms with E-state index in [4.69, 9.17) is 0 Å². The van der Waals surface area contributed by atoms with Crippen LogP contribution in [0.15, 0.2) is 0 Å². The summed E-state index contributed by atoms with van der Waals surface area (Å²) in [6, 6.07) is 0. The van der Waals surface area contributed by atoms with E-state index >= 15 is 0 Å². The molecule has 0 spiro atoms. The van der Waals surface area contributed by atoms with Crippen LogP contribution in [0.25, 0.3) is 0 Å². The molecule has 0 amide bonds. The lowest BCUT2D eigenvalue weighted by Gasteiger charge is -2.18. The molecule has 1 aromatic heterocycles. The van der Waals surface area contributed by atoms with Crippen molar-refractivity contribution in [1.82, 2.24) is 9.78 Å². The zero-order valence-corrected chi connectivity index (χ0v) is 10.3. The third-order valence-electron chi connectivity index (χ3n) is 4.17. The van der Waals surface area contributed by atoms with Crippen molar-refractivity contribution in [2.75, 3.05) is 6.61 Å². The summed E-state index contributed by atoms with van der Waals surface area (Å²) in [6.07, 6.45) is 1.06. The van der Waals surface area contributed by atoms with Crippen molar-refractivity contribution in [2.45, 2.75) is 39.5 Å². The second-order valence-electron chi connectivity index (χ2n) is 5.47. The Hall–Kier alpha value is -0.830. The zero-order chi connectivity index (χ0) is 11.4. The molecule has 1 aliphatic carbocycles. The van der Waals surface area contributed by atoms with Gasteiger partial charge in [0.2, 0.25) is 0 Å². The van der Waals surface area contributed by atoms with Gasteiger partial charge in [0.25, 0.3) is 0 Å². The summed E-state index contributed by atoms with van der Waals surface area (Å²) in [4.78, 5) is 0. The minimum absolute atomic E-state index is 0.0462. The van der Waals surface area contributed by atoms with Crippen LogP contribution >= 0.6 is 0 Å². The van der Waals surface area contributed by atoms with Gasteiger partial charge in [-0.1, -0.05) is 13.8 Å². The standard InChI is InChI=1S/C12H20N2O/c1-8-10(9(2)14(5)13-8)12(7-15)6-11(12,3)4/h15H,6-7H2,1-5H3. The number of aryl methyl sites for hydroxylation is 2. The number of rotatable bonds is 2. The van der Waals surface area contributed by atoms with E-state index < -0.39 is 0 Å². The quantitative estimate of drug-likeness (QED) is 0.803. The molecule has 1 unspecified atom stereocenters. The average Bonchev–Trinajstić information content (AvgIpc) is 2.59. The van der Waals surface area contributed by atoms with Crippen molar-refractivity contribution >= 4 is 0 Å². The SMILES string of the molecule is Cc1nn(C)c(C)c1C1(CO)CC1(C)C. The highest BCUT2D eigenvalue weighted by atomic mass is 16.3. The molecular weight excluding hydrogens is 188 g/mol. The van der Waals surface area contributed by atoms with E-state index in [2.05, 4.69) is 25.9 Å². The fourth-order valence-corrected chi connectivity index (χ4v) is 2.95. The molecular formula is C12H20N2O. The van der Waals surface area contributed by atoms with Crippen LogP contribution in [0.5, 0.6) is 0 Å². The second kappa shape index (κ2) is 2.85. The van der Waals surface area contributed by atoms with Crippen LogP contribution in [-0.2, 0) is 12.5 Å². The molecule has 3 nitrogen and oxygen atoms in total. The first kappa shape index (κ1) is 10.7. The van der Waals surface area contributed by atoms with Crippen LogP contribution in [-0.4, -0.2) is 21.5 Å². The summed E-state index contributed by atoms with van der Waals surface area (Å²) >= 11 is 0. The third-order valence-corrected chi connectivity index (χ3v) is 4.17. The van der Waals surface area contributed by atoms with Gasteiger partial charge in [-0.05, 0) is 25.7 Å². The Balaban J connectivity index is 2.55. The molecule has 1 N–H and O–H groups in total. The Bertz CT molecular complexity index is 406. The van der Waals surface area contributed by atoms with Gasteiger partial charge < -0.3 is 5.11 Å². The number of hydrogen-bond donors (Lipinski definition) is 1. The molecule has 15 heavy (non-hydrogen) atoms. The first-order valence-electron chi connectivity index (χ1n) is 5.47. The predicted octanol–water partition coefficient (Wildman–Crippen LogP) is 1.70. The fraction of sp³-hybridized carbons (Fsp3) is 0.750. The van der Waals surface area contributed by atoms with Gasteiger partial charge >= 0.3 is 0 Å². The largest absolute Gasteiger partial charge is 0.395 e. The van der Waals surface area contributed by atoms with Gasteiger partial charge in [0.05, 0.1) is 12.3 Å². The Labute approximate surface area is 91.1 Å². The second-order valence-corrected chi connectivity index (χ2v) is 5.47. The molecule has 0 aromatic carbocycles. The van der Waals surface area contributed by atoms with E-state index in [1.165, 1.54) is 11.3 Å². The smallest absolute Gasteiger partial charge is 0.0635 e. The lowest BCUT2D eigenvalue weighted by Crippen LogP contribution is -2.21. The maximum Gasteiger partial charge on any atom is 0.0635 e. The summed E-state index contributed by atoms with van der Waals surface area (Å²) in [7, 11) is 1.96. The Kier molecular flexibility index (Phi) is 2.03. The highest BCUT2D eigenvalue weighted by molar-refractivity contribution is 5.42. The van der Waals surface area contributed by atoms with Crippen molar-refractivity contribution in [2.24, 2.45) is 12.5 Å². The molecule has 2 rings (SSSR count). The lowest BCUT2D eigenvalue weighted by atomic mass is 9.87. The normalized spacial score (nSPS) is 28.1. The summed E-state index contributed by atoms with van der Waals surface area (Å²) in [5, 5.41) is 14.1. The topological polar surface area (TPSA) is 38.0 Å². The maximum absolute atomic E-state index is 9.67. The van der Waals surface area contributed by atoms with Crippen molar-refractivity contribution in [3.63, 3.8) is 0 Å². The Morgan fingerprint density at radius 1 is 1.40 bits per heavy atom. The summed E-state index contributed by atoms with van der Waals surface area (Å²) in [5.41, 5.74) is 3.68. The van der Waals surface area contributed by atoms with Crippen molar-refractivity contribution in [3.8, 4) is 0 Å². The zero-order valence-electron chi connectivity index (χ0n) is 10.3. The Morgan fingerprint density at radius 3 is 2.20 bits per heavy atom. The molecule has 1 saturated carbocycles. The molecule has 0 aliphatic heterocycles. The van der Waals surface area contributed by atoms with Crippen LogP contribution < -0.4 is 0 Å². The molecule has 0 bridgehead atoms. The fourth-order valence-electron chi connectivity index (χ4n) is 2.95. The van der Waals surface area contributed by atoms with Crippen molar-refractivity contribution in [3.05, 3.63) is 17.0 Å². The van der Waals surface area contributed by atoms with E-state index in [1.54, 1.807) is 0 Å². The summed E-state index contributed by atoms with van der Waals surface area (Å²) in [6.45, 7) is 8.78. The molecule has 1 aromatic rings. The Morgan fingerprint density at radius 2 is 1.93 bits per heavy atom.